The Balaban J connectivity index is 1.53. The first kappa shape index (κ1) is 23.3. The van der Waals surface area contributed by atoms with Gasteiger partial charge in [-0.15, -0.1) is 0 Å². The maximum atomic E-state index is 13.3. The summed E-state index contributed by atoms with van der Waals surface area (Å²) in [5.41, 5.74) is 2.03. The molecular formula is C26H24ClN3O4. The summed E-state index contributed by atoms with van der Waals surface area (Å²) in [6.07, 6.45) is 0.403. The molecular weight excluding hydrogens is 454 g/mol. The van der Waals surface area contributed by atoms with Crippen LogP contribution in [0.15, 0.2) is 78.9 Å². The van der Waals surface area contributed by atoms with Gasteiger partial charge in [0.15, 0.2) is 0 Å². The third-order valence-electron chi connectivity index (χ3n) is 5.64. The number of carbonyl (C=O) groups is 3. The van der Waals surface area contributed by atoms with Crippen LogP contribution in [0.1, 0.15) is 12.0 Å². The highest BCUT2D eigenvalue weighted by atomic mass is 35.5. The fourth-order valence-corrected chi connectivity index (χ4v) is 4.00. The Hall–Kier alpha value is -3.84. The molecule has 4 amide bonds. The van der Waals surface area contributed by atoms with Gasteiger partial charge in [-0.05, 0) is 60.5 Å². The molecule has 1 aliphatic rings. The minimum Gasteiger partial charge on any atom is -0.497 e. The maximum absolute atomic E-state index is 13.3. The van der Waals surface area contributed by atoms with E-state index in [1.807, 2.05) is 30.3 Å². The number of rotatable bonds is 8. The molecule has 174 valence electrons. The van der Waals surface area contributed by atoms with Crippen LogP contribution in [0.2, 0.25) is 5.02 Å². The van der Waals surface area contributed by atoms with Crippen LogP contribution in [0.5, 0.6) is 5.75 Å². The van der Waals surface area contributed by atoms with E-state index in [2.05, 4.69) is 5.32 Å². The monoisotopic (exact) mass is 477 g/mol. The predicted molar refractivity (Wildman–Crippen MR) is 131 cm³/mol. The number of methoxy groups -OCH3 is 1. The number of ether oxygens (including phenoxy) is 1. The molecule has 1 aliphatic heterocycles. The van der Waals surface area contributed by atoms with Crippen molar-refractivity contribution >= 4 is 40.8 Å². The number of nitrogens with zero attached hydrogens (tertiary/aromatic N) is 2. The van der Waals surface area contributed by atoms with Gasteiger partial charge in [0.25, 0.3) is 5.91 Å². The van der Waals surface area contributed by atoms with Gasteiger partial charge in [-0.2, -0.15) is 0 Å². The summed E-state index contributed by atoms with van der Waals surface area (Å²) in [4.78, 5) is 42.0. The number of imide groups is 1. The summed E-state index contributed by atoms with van der Waals surface area (Å²) in [7, 11) is 1.56. The van der Waals surface area contributed by atoms with E-state index in [0.29, 0.717) is 35.1 Å². The Labute approximate surface area is 202 Å². The molecule has 0 aromatic heterocycles. The lowest BCUT2D eigenvalue weighted by Crippen LogP contribution is -2.39. The highest BCUT2D eigenvalue weighted by Gasteiger charge is 2.46. The molecule has 4 rings (SSSR count). The van der Waals surface area contributed by atoms with E-state index in [1.165, 1.54) is 4.90 Å². The summed E-state index contributed by atoms with van der Waals surface area (Å²) in [5, 5.41) is 3.29. The molecule has 0 spiro atoms. The van der Waals surface area contributed by atoms with Crippen molar-refractivity contribution in [3.8, 4) is 5.75 Å². The maximum Gasteiger partial charge on any atom is 0.332 e. The van der Waals surface area contributed by atoms with Gasteiger partial charge in [-0.25, -0.2) is 9.69 Å². The van der Waals surface area contributed by atoms with Gasteiger partial charge in [0.2, 0.25) is 5.91 Å². The van der Waals surface area contributed by atoms with E-state index < -0.39 is 18.0 Å². The van der Waals surface area contributed by atoms with Crippen molar-refractivity contribution in [2.75, 3.05) is 23.9 Å². The Morgan fingerprint density at radius 1 is 0.971 bits per heavy atom. The summed E-state index contributed by atoms with van der Waals surface area (Å²) in [5.74, 6) is -0.135. The molecule has 3 aromatic rings. The number of halogens is 1. The Morgan fingerprint density at radius 2 is 1.65 bits per heavy atom. The molecule has 3 aromatic carbocycles. The zero-order chi connectivity index (χ0) is 24.1. The van der Waals surface area contributed by atoms with Crippen LogP contribution in [-0.4, -0.2) is 42.4 Å². The van der Waals surface area contributed by atoms with Crippen molar-refractivity contribution in [1.82, 2.24) is 4.90 Å². The van der Waals surface area contributed by atoms with E-state index in [0.717, 1.165) is 10.5 Å². The summed E-state index contributed by atoms with van der Waals surface area (Å²) < 4.78 is 5.13. The second-order valence-electron chi connectivity index (χ2n) is 7.86. The summed E-state index contributed by atoms with van der Waals surface area (Å²) in [6, 6.07) is 21.7. The molecule has 1 N–H and O–H groups in total. The Morgan fingerprint density at radius 3 is 2.29 bits per heavy atom. The second kappa shape index (κ2) is 10.4. The van der Waals surface area contributed by atoms with E-state index in [-0.39, 0.29) is 12.3 Å². The normalized spacial score (nSPS) is 15.5. The van der Waals surface area contributed by atoms with E-state index in [4.69, 9.17) is 16.3 Å². The predicted octanol–water partition coefficient (Wildman–Crippen LogP) is 4.76. The number of benzene rings is 3. The van der Waals surface area contributed by atoms with Crippen LogP contribution >= 0.6 is 11.6 Å². The molecule has 7 nitrogen and oxygen atoms in total. The third kappa shape index (κ3) is 5.21. The van der Waals surface area contributed by atoms with Crippen LogP contribution in [0, 0.1) is 0 Å². The fourth-order valence-electron chi connectivity index (χ4n) is 3.87. The van der Waals surface area contributed by atoms with Gasteiger partial charge in [0, 0.05) is 17.3 Å². The molecule has 1 heterocycles. The summed E-state index contributed by atoms with van der Waals surface area (Å²) in [6.45, 7) is 0.305. The zero-order valence-corrected chi connectivity index (χ0v) is 19.4. The minimum atomic E-state index is -0.912. The van der Waals surface area contributed by atoms with Crippen LogP contribution in [0.3, 0.4) is 0 Å². The molecule has 0 bridgehead atoms. The number of amides is 4. The number of urea groups is 1. The van der Waals surface area contributed by atoms with E-state index >= 15 is 0 Å². The van der Waals surface area contributed by atoms with Gasteiger partial charge < -0.3 is 15.0 Å². The molecule has 0 aliphatic carbocycles. The van der Waals surface area contributed by atoms with Crippen LogP contribution in [0.25, 0.3) is 0 Å². The quantitative estimate of drug-likeness (QED) is 0.474. The average Bonchev–Trinajstić information content (AvgIpc) is 3.08. The van der Waals surface area contributed by atoms with E-state index in [9.17, 15) is 14.4 Å². The lowest BCUT2D eigenvalue weighted by molar-refractivity contribution is -0.124. The van der Waals surface area contributed by atoms with Crippen molar-refractivity contribution in [3.63, 3.8) is 0 Å². The highest BCUT2D eigenvalue weighted by Crippen LogP contribution is 2.28. The largest absolute Gasteiger partial charge is 0.497 e. The van der Waals surface area contributed by atoms with Crippen LogP contribution in [0.4, 0.5) is 16.2 Å². The smallest absolute Gasteiger partial charge is 0.332 e. The van der Waals surface area contributed by atoms with Crippen molar-refractivity contribution < 1.29 is 19.1 Å². The van der Waals surface area contributed by atoms with Crippen LogP contribution in [-0.2, 0) is 16.0 Å². The van der Waals surface area contributed by atoms with Crippen molar-refractivity contribution in [1.29, 1.82) is 0 Å². The lowest BCUT2D eigenvalue weighted by atomic mass is 10.1. The molecule has 1 atom stereocenters. The second-order valence-corrected chi connectivity index (χ2v) is 8.29. The Kier molecular flexibility index (Phi) is 7.13. The Bertz CT molecular complexity index is 1170. The number of carbonyl (C=O) groups excluding carboxylic acids is 3. The van der Waals surface area contributed by atoms with Crippen molar-refractivity contribution in [2.45, 2.75) is 18.9 Å². The van der Waals surface area contributed by atoms with Gasteiger partial charge in [0.05, 0.1) is 19.2 Å². The first-order chi connectivity index (χ1) is 16.5. The zero-order valence-electron chi connectivity index (χ0n) is 18.6. The number of anilines is 2. The first-order valence-electron chi connectivity index (χ1n) is 10.8. The number of nitrogens with one attached hydrogen (secondary N) is 1. The molecule has 8 heteroatoms. The first-order valence-corrected chi connectivity index (χ1v) is 11.2. The SMILES string of the molecule is COc1ccc(NC(=O)C[C@@H]2C(=O)N(c3ccc(Cl)cc3)C(=O)N2CCc2ccccc2)cc1. The van der Waals surface area contributed by atoms with Gasteiger partial charge in [-0.3, -0.25) is 9.59 Å². The summed E-state index contributed by atoms with van der Waals surface area (Å²) >= 11 is 5.97. The average molecular weight is 478 g/mol. The van der Waals surface area contributed by atoms with Crippen molar-refractivity contribution in [2.24, 2.45) is 0 Å². The van der Waals surface area contributed by atoms with Crippen molar-refractivity contribution in [3.05, 3.63) is 89.4 Å². The molecule has 34 heavy (non-hydrogen) atoms. The van der Waals surface area contributed by atoms with Gasteiger partial charge in [0.1, 0.15) is 11.8 Å². The molecule has 0 radical (unpaired) electrons. The minimum absolute atomic E-state index is 0.157. The number of hydrogen-bond acceptors (Lipinski definition) is 4. The van der Waals surface area contributed by atoms with E-state index in [1.54, 1.807) is 55.6 Å². The molecule has 1 fully saturated rings. The van der Waals surface area contributed by atoms with Gasteiger partial charge >= 0.3 is 6.03 Å². The topological polar surface area (TPSA) is 79.0 Å². The number of hydrogen-bond donors (Lipinski definition) is 1. The highest BCUT2D eigenvalue weighted by molar-refractivity contribution is 6.30. The molecule has 0 saturated carbocycles. The standard InChI is InChI=1S/C26H24ClN3O4/c1-34-22-13-9-20(10-14-22)28-24(31)17-23-25(32)30(21-11-7-19(27)8-12-21)26(33)29(23)16-15-18-5-3-2-4-6-18/h2-14,23H,15-17H2,1H3,(H,28,31)/t23-/m1/s1. The lowest BCUT2D eigenvalue weighted by Gasteiger charge is -2.21. The fraction of sp³-hybridized carbons (Fsp3) is 0.192. The third-order valence-corrected chi connectivity index (χ3v) is 5.89. The molecule has 0 unspecified atom stereocenters. The van der Waals surface area contributed by atoms with Crippen LogP contribution < -0.4 is 15.0 Å². The van der Waals surface area contributed by atoms with Gasteiger partial charge in [-0.1, -0.05) is 41.9 Å². The molecule has 1 saturated heterocycles.